The molecule has 6 heteroatoms. The minimum absolute atomic E-state index is 0.159. The van der Waals surface area contributed by atoms with Gasteiger partial charge >= 0.3 is 5.97 Å². The second-order valence-electron chi connectivity index (χ2n) is 4.51. The molecule has 0 aromatic heterocycles. The van der Waals surface area contributed by atoms with E-state index >= 15 is 0 Å². The molecule has 0 bridgehead atoms. The number of amides is 1. The van der Waals surface area contributed by atoms with Crippen LogP contribution in [0.4, 0.5) is 0 Å². The average Bonchev–Trinajstić information content (AvgIpc) is 2.54. The number of hydrogen-bond donors (Lipinski definition) is 0. The zero-order chi connectivity index (χ0) is 16.5. The molecule has 1 rings (SSSR count). The van der Waals surface area contributed by atoms with Gasteiger partial charge < -0.3 is 19.1 Å². The Bertz CT molecular complexity index is 515. The maximum Gasteiger partial charge on any atom is 0.307 e. The predicted molar refractivity (Wildman–Crippen MR) is 82.4 cm³/mol. The Morgan fingerprint density at radius 3 is 2.32 bits per heavy atom. The van der Waals surface area contributed by atoms with Crippen LogP contribution in [0.5, 0.6) is 11.5 Å². The van der Waals surface area contributed by atoms with E-state index in [1.165, 1.54) is 14.2 Å². The molecule has 0 spiro atoms. The molecule has 0 aliphatic heterocycles. The summed E-state index contributed by atoms with van der Waals surface area (Å²) < 4.78 is 15.2. The van der Waals surface area contributed by atoms with E-state index in [9.17, 15) is 9.59 Å². The minimum Gasteiger partial charge on any atom is -0.493 e. The Kier molecular flexibility index (Phi) is 7.22. The normalized spacial score (nSPS) is 10.0. The molecule has 0 aliphatic carbocycles. The van der Waals surface area contributed by atoms with Gasteiger partial charge in [-0.2, -0.15) is 0 Å². The summed E-state index contributed by atoms with van der Waals surface area (Å²) in [5.74, 6) is 0.595. The number of ether oxygens (including phenoxy) is 3. The number of nitrogens with zero attached hydrogens (tertiary/aromatic N) is 1. The van der Waals surface area contributed by atoms with E-state index < -0.39 is 0 Å². The molecule has 0 unspecified atom stereocenters. The fourth-order valence-corrected chi connectivity index (χ4v) is 2.01. The summed E-state index contributed by atoms with van der Waals surface area (Å²) in [6.07, 6.45) is 0.181. The van der Waals surface area contributed by atoms with E-state index in [2.05, 4.69) is 0 Å². The molecule has 1 aromatic carbocycles. The molecule has 1 amide bonds. The summed E-state index contributed by atoms with van der Waals surface area (Å²) >= 11 is 0. The third-order valence-electron chi connectivity index (χ3n) is 3.19. The van der Waals surface area contributed by atoms with Gasteiger partial charge in [0.15, 0.2) is 11.5 Å². The van der Waals surface area contributed by atoms with Gasteiger partial charge in [0.05, 0.1) is 27.2 Å². The molecule has 0 heterocycles. The van der Waals surface area contributed by atoms with Crippen molar-refractivity contribution in [2.45, 2.75) is 20.3 Å². The second kappa shape index (κ2) is 8.92. The highest BCUT2D eigenvalue weighted by Crippen LogP contribution is 2.28. The third kappa shape index (κ3) is 4.65. The van der Waals surface area contributed by atoms with Gasteiger partial charge in [-0.15, -0.1) is 0 Å². The van der Waals surface area contributed by atoms with Gasteiger partial charge in [-0.25, -0.2) is 0 Å². The second-order valence-corrected chi connectivity index (χ2v) is 4.51. The predicted octanol–water partition coefficient (Wildman–Crippen LogP) is 2.12. The van der Waals surface area contributed by atoms with Gasteiger partial charge in [-0.3, -0.25) is 9.59 Å². The number of carbonyl (C=O) groups is 2. The zero-order valence-electron chi connectivity index (χ0n) is 13.5. The van der Waals surface area contributed by atoms with Crippen LogP contribution >= 0.6 is 0 Å². The maximum absolute atomic E-state index is 12.5. The van der Waals surface area contributed by atoms with Crippen molar-refractivity contribution in [1.29, 1.82) is 0 Å². The molecule has 122 valence electrons. The number of benzene rings is 1. The molecule has 0 N–H and O–H groups in total. The van der Waals surface area contributed by atoms with E-state index in [-0.39, 0.29) is 18.3 Å². The highest BCUT2D eigenvalue weighted by Gasteiger charge is 2.17. The Hall–Kier alpha value is -2.24. The molecule has 1 aromatic rings. The molecular weight excluding hydrogens is 286 g/mol. The van der Waals surface area contributed by atoms with E-state index in [1.807, 2.05) is 6.92 Å². The lowest BCUT2D eigenvalue weighted by atomic mass is 10.1. The fourth-order valence-electron chi connectivity index (χ4n) is 2.01. The first-order chi connectivity index (χ1) is 10.6. The van der Waals surface area contributed by atoms with Gasteiger partial charge in [-0.05, 0) is 32.0 Å². The van der Waals surface area contributed by atoms with Crippen LogP contribution in [-0.2, 0) is 9.53 Å². The highest BCUT2D eigenvalue weighted by molar-refractivity contribution is 5.95. The van der Waals surface area contributed by atoms with Crippen LogP contribution < -0.4 is 9.47 Å². The lowest BCUT2D eigenvalue weighted by Crippen LogP contribution is -2.33. The van der Waals surface area contributed by atoms with Gasteiger partial charge in [0.1, 0.15) is 0 Å². The monoisotopic (exact) mass is 309 g/mol. The first-order valence-electron chi connectivity index (χ1n) is 7.24. The summed E-state index contributed by atoms with van der Waals surface area (Å²) in [6, 6.07) is 5.00. The number of carbonyl (C=O) groups excluding carboxylic acids is 2. The lowest BCUT2D eigenvalue weighted by Gasteiger charge is -2.21. The molecule has 22 heavy (non-hydrogen) atoms. The lowest BCUT2D eigenvalue weighted by molar-refractivity contribution is -0.143. The van der Waals surface area contributed by atoms with Crippen LogP contribution in [0.1, 0.15) is 30.6 Å². The fraction of sp³-hybridized carbons (Fsp3) is 0.500. The van der Waals surface area contributed by atoms with E-state index in [4.69, 9.17) is 14.2 Å². The van der Waals surface area contributed by atoms with Crippen molar-refractivity contribution in [2.75, 3.05) is 33.9 Å². The van der Waals surface area contributed by atoms with Gasteiger partial charge in [-0.1, -0.05) is 0 Å². The van der Waals surface area contributed by atoms with E-state index in [0.717, 1.165) is 0 Å². The van der Waals surface area contributed by atoms with Crippen molar-refractivity contribution in [2.24, 2.45) is 0 Å². The number of methoxy groups -OCH3 is 2. The number of rotatable bonds is 8. The molecule has 0 atom stereocenters. The standard InChI is InChI=1S/C16H23NO5/c1-5-17(10-9-15(18)22-6-2)16(19)12-7-8-13(20-3)14(11-12)21-4/h7-8,11H,5-6,9-10H2,1-4H3. The Labute approximate surface area is 131 Å². The average molecular weight is 309 g/mol. The summed E-state index contributed by atoms with van der Waals surface area (Å²) in [4.78, 5) is 25.5. The SMILES string of the molecule is CCOC(=O)CCN(CC)C(=O)c1ccc(OC)c(OC)c1. The highest BCUT2D eigenvalue weighted by atomic mass is 16.5. The summed E-state index contributed by atoms with van der Waals surface area (Å²) in [5.41, 5.74) is 0.489. The third-order valence-corrected chi connectivity index (χ3v) is 3.19. The zero-order valence-corrected chi connectivity index (χ0v) is 13.5. The van der Waals surface area contributed by atoms with Crippen LogP contribution in [0.3, 0.4) is 0 Å². The van der Waals surface area contributed by atoms with Gasteiger partial charge in [0.25, 0.3) is 5.91 Å². The van der Waals surface area contributed by atoms with Crippen molar-refractivity contribution in [3.63, 3.8) is 0 Å². The van der Waals surface area contributed by atoms with E-state index in [0.29, 0.717) is 36.8 Å². The Morgan fingerprint density at radius 1 is 1.09 bits per heavy atom. The van der Waals surface area contributed by atoms with Crippen molar-refractivity contribution in [3.8, 4) is 11.5 Å². The molecular formula is C16H23NO5. The van der Waals surface area contributed by atoms with Crippen molar-refractivity contribution < 1.29 is 23.8 Å². The Morgan fingerprint density at radius 2 is 1.77 bits per heavy atom. The summed E-state index contributed by atoms with van der Waals surface area (Å²) in [7, 11) is 3.06. The van der Waals surface area contributed by atoms with Gasteiger partial charge in [0, 0.05) is 18.7 Å². The summed E-state index contributed by atoms with van der Waals surface area (Å²) in [5, 5.41) is 0. The quantitative estimate of drug-likeness (QED) is 0.688. The topological polar surface area (TPSA) is 65.1 Å². The van der Waals surface area contributed by atoms with Crippen LogP contribution in [0.2, 0.25) is 0 Å². The number of hydrogen-bond acceptors (Lipinski definition) is 5. The van der Waals surface area contributed by atoms with Crippen molar-refractivity contribution >= 4 is 11.9 Å². The Balaban J connectivity index is 2.81. The maximum atomic E-state index is 12.5. The molecule has 0 saturated heterocycles. The van der Waals surface area contributed by atoms with Crippen LogP contribution in [0.15, 0.2) is 18.2 Å². The van der Waals surface area contributed by atoms with Crippen LogP contribution in [0, 0.1) is 0 Å². The minimum atomic E-state index is -0.305. The summed E-state index contributed by atoms with van der Waals surface area (Å²) in [6.45, 7) is 4.79. The van der Waals surface area contributed by atoms with Crippen LogP contribution in [0.25, 0.3) is 0 Å². The van der Waals surface area contributed by atoms with Crippen molar-refractivity contribution in [3.05, 3.63) is 23.8 Å². The molecule has 6 nitrogen and oxygen atoms in total. The van der Waals surface area contributed by atoms with Crippen molar-refractivity contribution in [1.82, 2.24) is 4.90 Å². The largest absolute Gasteiger partial charge is 0.493 e. The first-order valence-corrected chi connectivity index (χ1v) is 7.24. The van der Waals surface area contributed by atoms with E-state index in [1.54, 1.807) is 30.0 Å². The molecule has 0 fully saturated rings. The first kappa shape index (κ1) is 17.8. The molecule has 0 radical (unpaired) electrons. The number of esters is 1. The van der Waals surface area contributed by atoms with Crippen LogP contribution in [-0.4, -0.2) is 50.7 Å². The molecule has 0 aliphatic rings. The smallest absolute Gasteiger partial charge is 0.307 e. The molecule has 0 saturated carbocycles. The van der Waals surface area contributed by atoms with Gasteiger partial charge in [0.2, 0.25) is 0 Å².